The van der Waals surface area contributed by atoms with Gasteiger partial charge < -0.3 is 19.5 Å². The van der Waals surface area contributed by atoms with Gasteiger partial charge in [0, 0.05) is 25.8 Å². The molecule has 0 spiro atoms. The van der Waals surface area contributed by atoms with E-state index in [1.54, 1.807) is 14.2 Å². The number of aliphatic hydroxyl groups is 1. The van der Waals surface area contributed by atoms with E-state index in [2.05, 4.69) is 6.08 Å². The van der Waals surface area contributed by atoms with Crippen LogP contribution in [0.4, 0.5) is 0 Å². The number of aliphatic hydroxyl groups excluding tert-OH is 1. The minimum atomic E-state index is -0.449. The topological polar surface area (TPSA) is 41.9 Å². The standard InChI is InChI=1S/C15H23NO3/c1-16(11-14(17)12-18-2)10-6-8-13-7-4-5-9-15(13)19-3/h4-9,14,17H,10-12H2,1-3H3/b8-6+. The third kappa shape index (κ3) is 5.87. The fraction of sp³-hybridized carbons (Fsp3) is 0.467. The molecule has 19 heavy (non-hydrogen) atoms. The van der Waals surface area contributed by atoms with Crippen LogP contribution < -0.4 is 4.74 Å². The quantitative estimate of drug-likeness (QED) is 0.776. The van der Waals surface area contributed by atoms with E-state index >= 15 is 0 Å². The Kier molecular flexibility index (Phi) is 7.18. The Morgan fingerprint density at radius 3 is 2.74 bits per heavy atom. The van der Waals surface area contributed by atoms with Crippen molar-refractivity contribution in [1.82, 2.24) is 4.90 Å². The summed E-state index contributed by atoms with van der Waals surface area (Å²) in [5.74, 6) is 0.862. The van der Waals surface area contributed by atoms with Gasteiger partial charge in [0.25, 0.3) is 0 Å². The second kappa shape index (κ2) is 8.69. The molecule has 0 aliphatic heterocycles. The molecule has 0 aliphatic carbocycles. The van der Waals surface area contributed by atoms with Crippen molar-refractivity contribution in [2.45, 2.75) is 6.10 Å². The van der Waals surface area contributed by atoms with Gasteiger partial charge >= 0.3 is 0 Å². The molecule has 0 saturated carbocycles. The van der Waals surface area contributed by atoms with E-state index in [0.717, 1.165) is 17.9 Å². The Bertz CT molecular complexity index is 393. The zero-order valence-electron chi connectivity index (χ0n) is 11.9. The van der Waals surface area contributed by atoms with Gasteiger partial charge in [-0.3, -0.25) is 0 Å². The van der Waals surface area contributed by atoms with E-state index in [4.69, 9.17) is 9.47 Å². The van der Waals surface area contributed by atoms with Crippen molar-refractivity contribution in [3.05, 3.63) is 35.9 Å². The summed E-state index contributed by atoms with van der Waals surface area (Å²) >= 11 is 0. The van der Waals surface area contributed by atoms with Crippen molar-refractivity contribution in [3.63, 3.8) is 0 Å². The highest BCUT2D eigenvalue weighted by molar-refractivity contribution is 5.57. The number of para-hydroxylation sites is 1. The molecule has 4 heteroatoms. The molecule has 0 aromatic heterocycles. The summed E-state index contributed by atoms with van der Waals surface area (Å²) in [4.78, 5) is 2.04. The van der Waals surface area contributed by atoms with Crippen LogP contribution in [-0.2, 0) is 4.74 Å². The maximum Gasteiger partial charge on any atom is 0.126 e. The van der Waals surface area contributed by atoms with E-state index in [1.165, 1.54) is 0 Å². The number of nitrogens with zero attached hydrogens (tertiary/aromatic N) is 1. The monoisotopic (exact) mass is 265 g/mol. The predicted octanol–water partition coefficient (Wildman–Crippen LogP) is 1.65. The van der Waals surface area contributed by atoms with Crippen LogP contribution in [0.1, 0.15) is 5.56 Å². The molecule has 4 nitrogen and oxygen atoms in total. The van der Waals surface area contributed by atoms with Gasteiger partial charge in [-0.1, -0.05) is 30.4 Å². The number of benzene rings is 1. The summed E-state index contributed by atoms with van der Waals surface area (Å²) < 4.78 is 10.2. The molecule has 1 atom stereocenters. The molecule has 0 bridgehead atoms. The molecular formula is C15H23NO3. The average Bonchev–Trinajstić information content (AvgIpc) is 2.39. The molecular weight excluding hydrogens is 242 g/mol. The second-order valence-corrected chi connectivity index (χ2v) is 4.47. The van der Waals surface area contributed by atoms with E-state index in [1.807, 2.05) is 42.3 Å². The number of likely N-dealkylation sites (N-methyl/N-ethyl adjacent to an activating group) is 1. The van der Waals surface area contributed by atoms with Gasteiger partial charge in [-0.05, 0) is 13.1 Å². The number of ether oxygens (including phenoxy) is 2. The highest BCUT2D eigenvalue weighted by atomic mass is 16.5. The first kappa shape index (κ1) is 15.7. The van der Waals surface area contributed by atoms with Gasteiger partial charge in [0.2, 0.25) is 0 Å². The number of methoxy groups -OCH3 is 2. The van der Waals surface area contributed by atoms with Crippen LogP contribution in [0.25, 0.3) is 6.08 Å². The third-order valence-corrected chi connectivity index (χ3v) is 2.73. The van der Waals surface area contributed by atoms with Gasteiger partial charge in [0.05, 0.1) is 19.8 Å². The van der Waals surface area contributed by atoms with Crippen molar-refractivity contribution >= 4 is 6.08 Å². The van der Waals surface area contributed by atoms with Gasteiger partial charge in [0.1, 0.15) is 5.75 Å². The maximum atomic E-state index is 9.61. The van der Waals surface area contributed by atoms with E-state index in [9.17, 15) is 5.11 Å². The maximum absolute atomic E-state index is 9.61. The first-order chi connectivity index (χ1) is 9.17. The Labute approximate surface area is 115 Å². The Morgan fingerprint density at radius 2 is 2.05 bits per heavy atom. The Balaban J connectivity index is 2.44. The first-order valence-corrected chi connectivity index (χ1v) is 6.32. The highest BCUT2D eigenvalue weighted by Gasteiger charge is 2.06. The Hall–Kier alpha value is -1.36. The van der Waals surface area contributed by atoms with E-state index in [0.29, 0.717) is 13.2 Å². The number of hydrogen-bond acceptors (Lipinski definition) is 4. The van der Waals surface area contributed by atoms with Crippen molar-refractivity contribution < 1.29 is 14.6 Å². The van der Waals surface area contributed by atoms with Crippen LogP contribution in [0.5, 0.6) is 5.75 Å². The van der Waals surface area contributed by atoms with Crippen LogP contribution in [0.2, 0.25) is 0 Å². The summed E-state index contributed by atoms with van der Waals surface area (Å²) in [5.41, 5.74) is 1.05. The lowest BCUT2D eigenvalue weighted by Crippen LogP contribution is -2.31. The number of hydrogen-bond donors (Lipinski definition) is 1. The van der Waals surface area contributed by atoms with Gasteiger partial charge in [0.15, 0.2) is 0 Å². The summed E-state index contributed by atoms with van der Waals surface area (Å²) in [6, 6.07) is 7.87. The van der Waals surface area contributed by atoms with Crippen molar-refractivity contribution in [1.29, 1.82) is 0 Å². The van der Waals surface area contributed by atoms with Crippen molar-refractivity contribution in [2.24, 2.45) is 0 Å². The molecule has 1 aromatic rings. The third-order valence-electron chi connectivity index (χ3n) is 2.73. The van der Waals surface area contributed by atoms with Crippen molar-refractivity contribution in [3.8, 4) is 5.75 Å². The van der Waals surface area contributed by atoms with E-state index < -0.39 is 6.10 Å². The average molecular weight is 265 g/mol. The lowest BCUT2D eigenvalue weighted by atomic mass is 10.2. The molecule has 0 saturated heterocycles. The molecule has 0 aliphatic rings. The molecule has 0 heterocycles. The van der Waals surface area contributed by atoms with Crippen LogP contribution >= 0.6 is 0 Å². The molecule has 1 N–H and O–H groups in total. The predicted molar refractivity (Wildman–Crippen MR) is 77.4 cm³/mol. The van der Waals surface area contributed by atoms with Crippen LogP contribution in [0.3, 0.4) is 0 Å². The summed E-state index contributed by atoms with van der Waals surface area (Å²) in [7, 11) is 5.22. The molecule has 0 radical (unpaired) electrons. The Morgan fingerprint density at radius 1 is 1.32 bits per heavy atom. The van der Waals surface area contributed by atoms with E-state index in [-0.39, 0.29) is 0 Å². The molecule has 1 rings (SSSR count). The van der Waals surface area contributed by atoms with Crippen LogP contribution in [0, 0.1) is 0 Å². The molecule has 0 fully saturated rings. The zero-order chi connectivity index (χ0) is 14.1. The second-order valence-electron chi connectivity index (χ2n) is 4.47. The van der Waals surface area contributed by atoms with Crippen LogP contribution in [0.15, 0.2) is 30.3 Å². The molecule has 1 unspecified atom stereocenters. The van der Waals surface area contributed by atoms with Gasteiger partial charge in [-0.15, -0.1) is 0 Å². The zero-order valence-corrected chi connectivity index (χ0v) is 11.9. The normalized spacial score (nSPS) is 13.1. The van der Waals surface area contributed by atoms with Gasteiger partial charge in [-0.2, -0.15) is 0 Å². The summed E-state index contributed by atoms with van der Waals surface area (Å²) in [6.45, 7) is 1.71. The molecule has 1 aromatic carbocycles. The molecule has 106 valence electrons. The lowest BCUT2D eigenvalue weighted by Gasteiger charge is -2.18. The van der Waals surface area contributed by atoms with Crippen molar-refractivity contribution in [2.75, 3.05) is 41.0 Å². The molecule has 0 amide bonds. The minimum Gasteiger partial charge on any atom is -0.496 e. The van der Waals surface area contributed by atoms with Crippen LogP contribution in [-0.4, -0.2) is 57.1 Å². The first-order valence-electron chi connectivity index (χ1n) is 6.32. The number of rotatable bonds is 8. The van der Waals surface area contributed by atoms with Gasteiger partial charge in [-0.25, -0.2) is 0 Å². The SMILES string of the molecule is COCC(O)CN(C)C/C=C/c1ccccc1OC. The minimum absolute atomic E-state index is 0.362. The highest BCUT2D eigenvalue weighted by Crippen LogP contribution is 2.18. The smallest absolute Gasteiger partial charge is 0.126 e. The summed E-state index contributed by atoms with van der Waals surface area (Å²) in [6.07, 6.45) is 3.63. The fourth-order valence-corrected chi connectivity index (χ4v) is 1.84. The largest absolute Gasteiger partial charge is 0.496 e. The summed E-state index contributed by atoms with van der Waals surface area (Å²) in [5, 5.41) is 9.61. The lowest BCUT2D eigenvalue weighted by molar-refractivity contribution is 0.0454. The fourth-order valence-electron chi connectivity index (χ4n) is 1.84.